The van der Waals surface area contributed by atoms with Gasteiger partial charge in [0.2, 0.25) is 5.12 Å². The number of hydrogen-bond acceptors (Lipinski definition) is 11. The van der Waals surface area contributed by atoms with Crippen molar-refractivity contribution in [2.45, 2.75) is 43.5 Å². The summed E-state index contributed by atoms with van der Waals surface area (Å²) >= 11 is 7.11. The SMILES string of the molecule is CC(C)(SC(=O)COCCN1CCN(C(c2ccccc2)c2ccc(Cl)cc2)CC1)[C@H](N)C(=O)OCCCCO[N+](=O)[O-]. The number of piperazine rings is 1. The highest BCUT2D eigenvalue weighted by atomic mass is 35.5. The average Bonchev–Trinajstić information content (AvgIpc) is 2.98. The molecule has 2 N–H and O–H groups in total. The van der Waals surface area contributed by atoms with Gasteiger partial charge in [0.25, 0.3) is 5.09 Å². The fourth-order valence-corrected chi connectivity index (χ4v) is 5.84. The van der Waals surface area contributed by atoms with Crippen LogP contribution < -0.4 is 5.73 Å². The van der Waals surface area contributed by atoms with Crippen LogP contribution >= 0.6 is 23.4 Å². The molecule has 3 rings (SSSR count). The minimum absolute atomic E-state index is 0.0632. The maximum atomic E-state index is 12.6. The number of carbonyl (C=O) groups excluding carboxylic acids is 2. The van der Waals surface area contributed by atoms with Gasteiger partial charge in [-0.1, -0.05) is 65.8 Å². The molecule has 236 valence electrons. The summed E-state index contributed by atoms with van der Waals surface area (Å²) in [6, 6.07) is 17.6. The number of nitrogens with two attached hydrogens (primary N) is 1. The molecule has 1 fully saturated rings. The highest BCUT2D eigenvalue weighted by Gasteiger charge is 2.36. The van der Waals surface area contributed by atoms with E-state index >= 15 is 0 Å². The summed E-state index contributed by atoms with van der Waals surface area (Å²) in [5.41, 5.74) is 8.52. The van der Waals surface area contributed by atoms with Crippen molar-refractivity contribution in [3.63, 3.8) is 0 Å². The van der Waals surface area contributed by atoms with Gasteiger partial charge in [-0.2, -0.15) is 0 Å². The zero-order chi connectivity index (χ0) is 31.2. The van der Waals surface area contributed by atoms with Crippen molar-refractivity contribution < 1.29 is 29.0 Å². The van der Waals surface area contributed by atoms with Crippen molar-refractivity contribution in [1.29, 1.82) is 0 Å². The average molecular weight is 637 g/mol. The molecule has 0 aliphatic carbocycles. The second kappa shape index (κ2) is 17.5. The van der Waals surface area contributed by atoms with Crippen LogP contribution in [0.2, 0.25) is 5.02 Å². The second-order valence-corrected chi connectivity index (χ2v) is 12.9. The Morgan fingerprint density at radius 1 is 1.00 bits per heavy atom. The van der Waals surface area contributed by atoms with E-state index in [1.807, 2.05) is 18.2 Å². The first-order valence-corrected chi connectivity index (χ1v) is 15.5. The highest BCUT2D eigenvalue weighted by molar-refractivity contribution is 8.14. The molecule has 1 heterocycles. The molecule has 2 atom stereocenters. The van der Waals surface area contributed by atoms with Gasteiger partial charge < -0.3 is 20.0 Å². The molecule has 0 spiro atoms. The van der Waals surface area contributed by atoms with E-state index in [9.17, 15) is 19.7 Å². The molecule has 0 saturated carbocycles. The summed E-state index contributed by atoms with van der Waals surface area (Å²) in [6.07, 6.45) is 0.766. The standard InChI is InChI=1S/C30H41ClN4O7S/c1-30(2,28(32)29(37)41-19-6-7-20-42-35(38)39)43-26(36)22-40-21-18-33-14-16-34(17-15-33)27(23-8-4-3-5-9-23)24-10-12-25(31)13-11-24/h3-5,8-13,27-28H,6-7,14-22,32H2,1-2H3/t27?,28-/m1/s1. The fourth-order valence-electron chi connectivity index (χ4n) is 4.76. The number of carbonyl (C=O) groups is 2. The van der Waals surface area contributed by atoms with Gasteiger partial charge in [0, 0.05) is 42.5 Å². The minimum atomic E-state index is -1.03. The Morgan fingerprint density at radius 2 is 1.63 bits per heavy atom. The Hall–Kier alpha value is -2.74. The predicted octanol–water partition coefficient (Wildman–Crippen LogP) is 3.96. The number of esters is 1. The van der Waals surface area contributed by atoms with Gasteiger partial charge in [0.05, 0.1) is 25.9 Å². The van der Waals surface area contributed by atoms with Crippen LogP contribution in [0.5, 0.6) is 0 Å². The Labute approximate surface area is 262 Å². The van der Waals surface area contributed by atoms with Gasteiger partial charge in [-0.15, -0.1) is 10.1 Å². The first kappa shape index (κ1) is 34.7. The highest BCUT2D eigenvalue weighted by Crippen LogP contribution is 2.31. The van der Waals surface area contributed by atoms with Crippen molar-refractivity contribution in [3.8, 4) is 0 Å². The summed E-state index contributed by atoms with van der Waals surface area (Å²) in [4.78, 5) is 44.1. The van der Waals surface area contributed by atoms with Crippen LogP contribution in [0, 0.1) is 10.1 Å². The number of ether oxygens (including phenoxy) is 2. The van der Waals surface area contributed by atoms with Crippen LogP contribution in [-0.2, 0) is 23.9 Å². The smallest absolute Gasteiger partial charge is 0.324 e. The van der Waals surface area contributed by atoms with Crippen LogP contribution in [0.4, 0.5) is 0 Å². The number of benzene rings is 2. The van der Waals surface area contributed by atoms with E-state index in [0.717, 1.165) is 43.0 Å². The van der Waals surface area contributed by atoms with Gasteiger partial charge in [0.15, 0.2) is 0 Å². The molecule has 2 aromatic carbocycles. The second-order valence-electron chi connectivity index (χ2n) is 10.8. The quantitative estimate of drug-likeness (QED) is 0.117. The summed E-state index contributed by atoms with van der Waals surface area (Å²) < 4.78 is 9.93. The van der Waals surface area contributed by atoms with Crippen LogP contribution in [-0.4, -0.2) is 95.9 Å². The molecule has 13 heteroatoms. The predicted molar refractivity (Wildman–Crippen MR) is 166 cm³/mol. The molecule has 0 radical (unpaired) electrons. The molecule has 0 bridgehead atoms. The number of halogens is 1. The fraction of sp³-hybridized carbons (Fsp3) is 0.533. The molecule has 0 amide bonds. The van der Waals surface area contributed by atoms with Crippen LogP contribution in [0.1, 0.15) is 43.9 Å². The molecule has 1 unspecified atom stereocenters. The zero-order valence-electron chi connectivity index (χ0n) is 24.7. The molecule has 1 aliphatic rings. The topological polar surface area (TPSA) is 137 Å². The third kappa shape index (κ3) is 11.7. The van der Waals surface area contributed by atoms with E-state index < -0.39 is 21.8 Å². The maximum Gasteiger partial charge on any atom is 0.324 e. The van der Waals surface area contributed by atoms with Gasteiger partial charge in [-0.25, -0.2) is 0 Å². The third-order valence-electron chi connectivity index (χ3n) is 7.20. The first-order chi connectivity index (χ1) is 20.6. The van der Waals surface area contributed by atoms with Crippen LogP contribution in [0.3, 0.4) is 0 Å². The molecule has 2 aromatic rings. The van der Waals surface area contributed by atoms with E-state index in [1.165, 1.54) is 11.1 Å². The number of rotatable bonds is 17. The summed E-state index contributed by atoms with van der Waals surface area (Å²) in [5, 5.41) is 9.78. The molecule has 0 aromatic heterocycles. The Morgan fingerprint density at radius 3 is 2.28 bits per heavy atom. The molecule has 43 heavy (non-hydrogen) atoms. The van der Waals surface area contributed by atoms with E-state index in [1.54, 1.807) is 13.8 Å². The lowest BCUT2D eigenvalue weighted by Gasteiger charge is -2.39. The number of thioether (sulfide) groups is 1. The van der Waals surface area contributed by atoms with Crippen molar-refractivity contribution >= 4 is 34.4 Å². The first-order valence-electron chi connectivity index (χ1n) is 14.3. The number of nitrogens with zero attached hydrogens (tertiary/aromatic N) is 3. The maximum absolute atomic E-state index is 12.6. The van der Waals surface area contributed by atoms with E-state index in [4.69, 9.17) is 26.8 Å². The zero-order valence-corrected chi connectivity index (χ0v) is 26.3. The van der Waals surface area contributed by atoms with Gasteiger partial charge >= 0.3 is 5.97 Å². The summed E-state index contributed by atoms with van der Waals surface area (Å²) in [7, 11) is 0. The Kier molecular flexibility index (Phi) is 14.2. The van der Waals surface area contributed by atoms with Crippen LogP contribution in [0.15, 0.2) is 54.6 Å². The largest absolute Gasteiger partial charge is 0.464 e. The molecular formula is C30H41ClN4O7S. The number of unbranched alkanes of at least 4 members (excludes halogenated alkanes) is 1. The summed E-state index contributed by atoms with van der Waals surface area (Å²) in [5.74, 6) is -0.633. The summed E-state index contributed by atoms with van der Waals surface area (Å²) in [6.45, 7) is 8.01. The monoisotopic (exact) mass is 636 g/mol. The van der Waals surface area contributed by atoms with Gasteiger partial charge in [-0.3, -0.25) is 19.4 Å². The third-order valence-corrected chi connectivity index (χ3v) is 8.58. The molecule has 1 saturated heterocycles. The van der Waals surface area contributed by atoms with E-state index in [2.05, 4.69) is 51.0 Å². The normalized spacial score (nSPS) is 15.9. The van der Waals surface area contributed by atoms with Gasteiger partial charge in [-0.05, 0) is 49.9 Å². The van der Waals surface area contributed by atoms with Crippen molar-refractivity contribution in [1.82, 2.24) is 9.80 Å². The van der Waals surface area contributed by atoms with Gasteiger partial charge in [0.1, 0.15) is 12.6 Å². The molecular weight excluding hydrogens is 596 g/mol. The minimum Gasteiger partial charge on any atom is -0.464 e. The Bertz CT molecular complexity index is 1160. The lowest BCUT2D eigenvalue weighted by Crippen LogP contribution is -2.49. The van der Waals surface area contributed by atoms with Crippen molar-refractivity contribution in [2.24, 2.45) is 5.73 Å². The molecule has 11 nitrogen and oxygen atoms in total. The number of hydrogen-bond donors (Lipinski definition) is 1. The lowest BCUT2D eigenvalue weighted by atomic mass is 9.96. The van der Waals surface area contributed by atoms with Crippen molar-refractivity contribution in [2.75, 3.05) is 59.2 Å². The van der Waals surface area contributed by atoms with E-state index in [-0.39, 0.29) is 31.0 Å². The molecule has 1 aliphatic heterocycles. The van der Waals surface area contributed by atoms with Crippen molar-refractivity contribution in [3.05, 3.63) is 80.9 Å². The van der Waals surface area contributed by atoms with E-state index in [0.29, 0.717) is 26.0 Å². The lowest BCUT2D eigenvalue weighted by molar-refractivity contribution is -0.757. The van der Waals surface area contributed by atoms with Crippen LogP contribution in [0.25, 0.3) is 0 Å². The Balaban J connectivity index is 1.36.